The molecule has 19 heavy (non-hydrogen) atoms. The first-order chi connectivity index (χ1) is 9.15. The van der Waals surface area contributed by atoms with E-state index in [0.717, 1.165) is 5.56 Å². The van der Waals surface area contributed by atoms with Gasteiger partial charge in [0.15, 0.2) is 5.78 Å². The lowest BCUT2D eigenvalue weighted by atomic mass is 9.96. The number of aliphatic hydroxyl groups excluding tert-OH is 1. The number of para-hydroxylation sites is 1. The molecule has 0 heterocycles. The van der Waals surface area contributed by atoms with Crippen molar-refractivity contribution in [1.82, 2.24) is 0 Å². The minimum atomic E-state index is -1.21. The summed E-state index contributed by atoms with van der Waals surface area (Å²) in [4.78, 5) is 12.3. The summed E-state index contributed by atoms with van der Waals surface area (Å²) in [7, 11) is 1.52. The quantitative estimate of drug-likeness (QED) is 0.855. The van der Waals surface area contributed by atoms with Gasteiger partial charge in [0.2, 0.25) is 0 Å². The predicted octanol–water partition coefficient (Wildman–Crippen LogP) is 2.92. The summed E-state index contributed by atoms with van der Waals surface area (Å²) in [6, 6.07) is 14.2. The van der Waals surface area contributed by atoms with E-state index in [-0.39, 0.29) is 5.78 Å². The molecule has 1 unspecified atom stereocenters. The van der Waals surface area contributed by atoms with Crippen LogP contribution in [0, 0.1) is 6.92 Å². The third-order valence-corrected chi connectivity index (χ3v) is 3.09. The van der Waals surface area contributed by atoms with E-state index >= 15 is 0 Å². The molecule has 1 N–H and O–H groups in total. The number of carbonyl (C=O) groups is 1. The summed E-state index contributed by atoms with van der Waals surface area (Å²) in [5.74, 6) is 0.194. The van der Waals surface area contributed by atoms with Crippen LogP contribution in [0.5, 0.6) is 5.75 Å². The summed E-state index contributed by atoms with van der Waals surface area (Å²) in [5.41, 5.74) is 1.86. The van der Waals surface area contributed by atoms with E-state index < -0.39 is 6.10 Å². The molecule has 0 aromatic heterocycles. The first-order valence-corrected chi connectivity index (χ1v) is 6.06. The van der Waals surface area contributed by atoms with Crippen LogP contribution >= 0.6 is 0 Å². The van der Waals surface area contributed by atoms with Crippen LogP contribution in [0.15, 0.2) is 48.5 Å². The Morgan fingerprint density at radius 3 is 2.42 bits per heavy atom. The Hall–Kier alpha value is -2.13. The molecule has 0 radical (unpaired) electrons. The molecule has 0 aliphatic heterocycles. The number of ether oxygens (including phenoxy) is 1. The molecule has 0 saturated carbocycles. The van der Waals surface area contributed by atoms with Crippen LogP contribution in [-0.2, 0) is 0 Å². The van der Waals surface area contributed by atoms with Gasteiger partial charge in [-0.05, 0) is 18.6 Å². The number of ketones is 1. The second-order valence-electron chi connectivity index (χ2n) is 4.32. The van der Waals surface area contributed by atoms with Crippen molar-refractivity contribution in [2.24, 2.45) is 0 Å². The molecule has 0 aliphatic carbocycles. The molecule has 2 aromatic carbocycles. The smallest absolute Gasteiger partial charge is 0.196 e. The van der Waals surface area contributed by atoms with Gasteiger partial charge < -0.3 is 9.84 Å². The predicted molar refractivity (Wildman–Crippen MR) is 73.5 cm³/mol. The summed E-state index contributed by atoms with van der Waals surface area (Å²) in [6.45, 7) is 1.85. The normalized spacial score (nSPS) is 11.9. The highest BCUT2D eigenvalue weighted by Gasteiger charge is 2.23. The van der Waals surface area contributed by atoms with Crippen LogP contribution in [0.2, 0.25) is 0 Å². The van der Waals surface area contributed by atoms with Crippen LogP contribution < -0.4 is 4.74 Å². The van der Waals surface area contributed by atoms with E-state index in [2.05, 4.69) is 0 Å². The van der Waals surface area contributed by atoms with Crippen molar-refractivity contribution in [2.45, 2.75) is 13.0 Å². The Kier molecular flexibility index (Phi) is 3.97. The standard InChI is InChI=1S/C16H16O3/c1-11-7-3-4-8-12(11)15(17)16(18)13-9-5-6-10-14(13)19-2/h3-10,16,18H,1-2H3. The van der Waals surface area contributed by atoms with Crippen molar-refractivity contribution in [3.8, 4) is 5.75 Å². The lowest BCUT2D eigenvalue weighted by molar-refractivity contribution is 0.0741. The van der Waals surface area contributed by atoms with Crippen LogP contribution in [0.3, 0.4) is 0 Å². The number of aliphatic hydroxyl groups is 1. The second-order valence-corrected chi connectivity index (χ2v) is 4.32. The maximum Gasteiger partial charge on any atom is 0.196 e. The van der Waals surface area contributed by atoms with Gasteiger partial charge in [0.05, 0.1) is 7.11 Å². The fraction of sp³-hybridized carbons (Fsp3) is 0.188. The van der Waals surface area contributed by atoms with Crippen LogP contribution in [-0.4, -0.2) is 18.0 Å². The molecule has 0 saturated heterocycles. The van der Waals surface area contributed by atoms with Crippen molar-refractivity contribution in [1.29, 1.82) is 0 Å². The number of hydrogen-bond donors (Lipinski definition) is 1. The van der Waals surface area contributed by atoms with Gasteiger partial charge in [-0.2, -0.15) is 0 Å². The molecule has 0 bridgehead atoms. The summed E-state index contributed by atoms with van der Waals surface area (Å²) in [5, 5.41) is 10.2. The van der Waals surface area contributed by atoms with Crippen molar-refractivity contribution in [2.75, 3.05) is 7.11 Å². The molecule has 3 nitrogen and oxygen atoms in total. The molecule has 0 fully saturated rings. The van der Waals surface area contributed by atoms with Gasteiger partial charge in [-0.3, -0.25) is 4.79 Å². The molecule has 0 amide bonds. The van der Waals surface area contributed by atoms with Gasteiger partial charge in [0.25, 0.3) is 0 Å². The third kappa shape index (κ3) is 2.66. The average molecular weight is 256 g/mol. The zero-order valence-corrected chi connectivity index (χ0v) is 11.0. The molecule has 0 spiro atoms. The van der Waals surface area contributed by atoms with Gasteiger partial charge in [-0.1, -0.05) is 42.5 Å². The Morgan fingerprint density at radius 2 is 1.74 bits per heavy atom. The Balaban J connectivity index is 2.37. The number of aryl methyl sites for hydroxylation is 1. The van der Waals surface area contributed by atoms with E-state index in [4.69, 9.17) is 4.74 Å². The molecule has 2 rings (SSSR count). The molecule has 3 heteroatoms. The molecule has 98 valence electrons. The van der Waals surface area contributed by atoms with E-state index in [0.29, 0.717) is 16.9 Å². The van der Waals surface area contributed by atoms with Gasteiger partial charge in [-0.25, -0.2) is 0 Å². The second kappa shape index (κ2) is 5.67. The Bertz CT molecular complexity index is 590. The minimum absolute atomic E-state index is 0.317. The number of Topliss-reactive ketones (excluding diaryl/α,β-unsaturated/α-hetero) is 1. The largest absolute Gasteiger partial charge is 0.496 e. The molecular weight excluding hydrogens is 240 g/mol. The summed E-state index contributed by atoms with van der Waals surface area (Å²) >= 11 is 0. The van der Waals surface area contributed by atoms with E-state index in [1.54, 1.807) is 36.4 Å². The number of rotatable bonds is 4. The fourth-order valence-corrected chi connectivity index (χ4v) is 2.03. The van der Waals surface area contributed by atoms with Crippen molar-refractivity contribution < 1.29 is 14.6 Å². The monoisotopic (exact) mass is 256 g/mol. The zero-order valence-electron chi connectivity index (χ0n) is 11.0. The molecule has 0 aliphatic rings. The lowest BCUT2D eigenvalue weighted by Crippen LogP contribution is -2.14. The fourth-order valence-electron chi connectivity index (χ4n) is 2.03. The van der Waals surface area contributed by atoms with E-state index in [1.165, 1.54) is 7.11 Å². The maximum absolute atomic E-state index is 12.3. The highest BCUT2D eigenvalue weighted by Crippen LogP contribution is 2.27. The van der Waals surface area contributed by atoms with Gasteiger partial charge in [0.1, 0.15) is 11.9 Å². The minimum Gasteiger partial charge on any atom is -0.496 e. The van der Waals surface area contributed by atoms with Gasteiger partial charge in [0, 0.05) is 11.1 Å². The Morgan fingerprint density at radius 1 is 1.11 bits per heavy atom. The average Bonchev–Trinajstić information content (AvgIpc) is 2.46. The highest BCUT2D eigenvalue weighted by atomic mass is 16.5. The number of hydrogen-bond acceptors (Lipinski definition) is 3. The van der Waals surface area contributed by atoms with Crippen molar-refractivity contribution in [3.05, 3.63) is 65.2 Å². The number of carbonyl (C=O) groups excluding carboxylic acids is 1. The first kappa shape index (κ1) is 13.3. The number of methoxy groups -OCH3 is 1. The zero-order chi connectivity index (χ0) is 13.8. The van der Waals surface area contributed by atoms with Crippen LogP contribution in [0.1, 0.15) is 27.6 Å². The van der Waals surface area contributed by atoms with Crippen molar-refractivity contribution >= 4 is 5.78 Å². The topological polar surface area (TPSA) is 46.5 Å². The molecular formula is C16H16O3. The van der Waals surface area contributed by atoms with E-state index in [1.807, 2.05) is 19.1 Å². The Labute approximate surface area is 112 Å². The lowest BCUT2D eigenvalue weighted by Gasteiger charge is -2.14. The molecule has 2 aromatic rings. The maximum atomic E-state index is 12.3. The van der Waals surface area contributed by atoms with Crippen molar-refractivity contribution in [3.63, 3.8) is 0 Å². The van der Waals surface area contributed by atoms with E-state index in [9.17, 15) is 9.90 Å². The molecule has 1 atom stereocenters. The summed E-state index contributed by atoms with van der Waals surface area (Å²) in [6.07, 6.45) is -1.21. The first-order valence-electron chi connectivity index (χ1n) is 6.06. The third-order valence-electron chi connectivity index (χ3n) is 3.09. The highest BCUT2D eigenvalue weighted by molar-refractivity contribution is 6.01. The van der Waals surface area contributed by atoms with Crippen LogP contribution in [0.25, 0.3) is 0 Å². The van der Waals surface area contributed by atoms with Gasteiger partial charge >= 0.3 is 0 Å². The SMILES string of the molecule is COc1ccccc1C(O)C(=O)c1ccccc1C. The number of benzene rings is 2. The summed E-state index contributed by atoms with van der Waals surface area (Å²) < 4.78 is 5.17. The van der Waals surface area contributed by atoms with Gasteiger partial charge in [-0.15, -0.1) is 0 Å². The van der Waals surface area contributed by atoms with Crippen LogP contribution in [0.4, 0.5) is 0 Å².